The first-order valence-corrected chi connectivity index (χ1v) is 7.26. The minimum Gasteiger partial charge on any atom is -0.339 e. The van der Waals surface area contributed by atoms with Gasteiger partial charge in [0.1, 0.15) is 0 Å². The van der Waals surface area contributed by atoms with E-state index in [-0.39, 0.29) is 0 Å². The fraction of sp³-hybridized carbons (Fsp3) is 0.455. The predicted octanol–water partition coefficient (Wildman–Crippen LogP) is 2.71. The second-order valence-electron chi connectivity index (χ2n) is 4.20. The molecule has 90 valence electrons. The maximum atomic E-state index is 5.29. The molecule has 1 unspecified atom stereocenters. The van der Waals surface area contributed by atoms with Crippen molar-refractivity contribution in [2.75, 3.05) is 13.1 Å². The molecule has 0 bridgehead atoms. The number of rotatable bonds is 3. The van der Waals surface area contributed by atoms with Crippen LogP contribution >= 0.6 is 27.3 Å². The van der Waals surface area contributed by atoms with E-state index in [1.165, 1.54) is 6.42 Å². The Morgan fingerprint density at radius 1 is 1.59 bits per heavy atom. The molecule has 2 aromatic heterocycles. The highest BCUT2D eigenvalue weighted by atomic mass is 79.9. The van der Waals surface area contributed by atoms with Crippen molar-refractivity contribution in [2.45, 2.75) is 12.8 Å². The maximum Gasteiger partial charge on any atom is 0.227 e. The Morgan fingerprint density at radius 2 is 2.53 bits per heavy atom. The topological polar surface area (TPSA) is 51.0 Å². The van der Waals surface area contributed by atoms with E-state index in [4.69, 9.17) is 4.52 Å². The van der Waals surface area contributed by atoms with Crippen LogP contribution in [0.2, 0.25) is 0 Å². The number of hydrogen-bond acceptors (Lipinski definition) is 5. The second-order valence-corrected chi connectivity index (χ2v) is 6.03. The van der Waals surface area contributed by atoms with Crippen molar-refractivity contribution in [1.29, 1.82) is 0 Å². The van der Waals surface area contributed by atoms with Crippen LogP contribution in [-0.2, 0) is 6.42 Å². The molecule has 6 heteroatoms. The molecule has 1 saturated heterocycles. The minimum atomic E-state index is 0.637. The second kappa shape index (κ2) is 4.88. The molecule has 3 rings (SSSR count). The summed E-state index contributed by atoms with van der Waals surface area (Å²) in [4.78, 5) is 5.48. The van der Waals surface area contributed by atoms with Crippen molar-refractivity contribution in [3.63, 3.8) is 0 Å². The van der Waals surface area contributed by atoms with Crippen molar-refractivity contribution in [3.05, 3.63) is 21.8 Å². The minimum absolute atomic E-state index is 0.637. The average molecular weight is 314 g/mol. The summed E-state index contributed by atoms with van der Waals surface area (Å²) in [7, 11) is 0. The quantitative estimate of drug-likeness (QED) is 0.946. The van der Waals surface area contributed by atoms with Gasteiger partial charge in [-0.2, -0.15) is 4.98 Å². The first-order valence-electron chi connectivity index (χ1n) is 5.59. The molecule has 0 amide bonds. The molecule has 17 heavy (non-hydrogen) atoms. The Kier molecular flexibility index (Phi) is 3.26. The van der Waals surface area contributed by atoms with E-state index in [0.29, 0.717) is 11.7 Å². The Hall–Kier alpha value is -0.720. The lowest BCUT2D eigenvalue weighted by Crippen LogP contribution is -2.10. The first kappa shape index (κ1) is 11.4. The van der Waals surface area contributed by atoms with Gasteiger partial charge in [0.2, 0.25) is 11.7 Å². The summed E-state index contributed by atoms with van der Waals surface area (Å²) in [6.07, 6.45) is 2.08. The molecule has 1 N–H and O–H groups in total. The van der Waals surface area contributed by atoms with Crippen molar-refractivity contribution in [2.24, 2.45) is 5.92 Å². The van der Waals surface area contributed by atoms with Crippen LogP contribution in [0.4, 0.5) is 0 Å². The summed E-state index contributed by atoms with van der Waals surface area (Å²) in [5, 5.41) is 9.39. The van der Waals surface area contributed by atoms with Crippen LogP contribution in [0.15, 0.2) is 20.4 Å². The van der Waals surface area contributed by atoms with Crippen molar-refractivity contribution in [3.8, 4) is 10.7 Å². The fourth-order valence-corrected chi connectivity index (χ4v) is 3.36. The highest BCUT2D eigenvalue weighted by Crippen LogP contribution is 2.28. The lowest BCUT2D eigenvalue weighted by molar-refractivity contribution is 0.358. The largest absolute Gasteiger partial charge is 0.339 e. The van der Waals surface area contributed by atoms with E-state index in [9.17, 15) is 0 Å². The van der Waals surface area contributed by atoms with Crippen LogP contribution in [0, 0.1) is 5.92 Å². The maximum absolute atomic E-state index is 5.29. The van der Waals surface area contributed by atoms with Crippen LogP contribution < -0.4 is 5.32 Å². The van der Waals surface area contributed by atoms with E-state index < -0.39 is 0 Å². The SMILES string of the molecule is Brc1csc(-c2noc(CC3CCNC3)n2)c1. The van der Waals surface area contributed by atoms with Gasteiger partial charge in [0, 0.05) is 16.3 Å². The molecule has 0 radical (unpaired) electrons. The third-order valence-electron chi connectivity index (χ3n) is 2.88. The van der Waals surface area contributed by atoms with Gasteiger partial charge < -0.3 is 9.84 Å². The summed E-state index contributed by atoms with van der Waals surface area (Å²) in [5.41, 5.74) is 0. The highest BCUT2D eigenvalue weighted by Gasteiger charge is 2.19. The molecule has 1 atom stereocenters. The molecule has 0 spiro atoms. The Morgan fingerprint density at radius 3 is 3.24 bits per heavy atom. The lowest BCUT2D eigenvalue weighted by atomic mass is 10.1. The van der Waals surface area contributed by atoms with Gasteiger partial charge >= 0.3 is 0 Å². The summed E-state index contributed by atoms with van der Waals surface area (Å²) in [6, 6.07) is 2.01. The molecule has 0 saturated carbocycles. The Labute approximate surface area is 112 Å². The molecule has 3 heterocycles. The zero-order valence-electron chi connectivity index (χ0n) is 9.15. The van der Waals surface area contributed by atoms with Gasteiger partial charge in [-0.3, -0.25) is 0 Å². The standard InChI is InChI=1S/C11H12BrN3OS/c12-8-4-9(17-6-8)11-14-10(16-15-11)3-7-1-2-13-5-7/h4,6-7,13H,1-3,5H2. The summed E-state index contributed by atoms with van der Waals surface area (Å²) >= 11 is 5.04. The van der Waals surface area contributed by atoms with Crippen LogP contribution in [-0.4, -0.2) is 23.2 Å². The molecule has 0 aromatic carbocycles. The van der Waals surface area contributed by atoms with Gasteiger partial charge in [0.25, 0.3) is 0 Å². The van der Waals surface area contributed by atoms with Gasteiger partial charge in [-0.15, -0.1) is 11.3 Å². The van der Waals surface area contributed by atoms with Crippen LogP contribution in [0.25, 0.3) is 10.7 Å². The third-order valence-corrected chi connectivity index (χ3v) is 4.57. The summed E-state index contributed by atoms with van der Waals surface area (Å²) in [5.74, 6) is 2.08. The molecule has 1 fully saturated rings. The lowest BCUT2D eigenvalue weighted by Gasteiger charge is -2.01. The molecule has 4 nitrogen and oxygen atoms in total. The molecule has 2 aromatic rings. The number of aromatic nitrogens is 2. The van der Waals surface area contributed by atoms with Crippen molar-refractivity contribution < 1.29 is 4.52 Å². The highest BCUT2D eigenvalue weighted by molar-refractivity contribution is 9.10. The average Bonchev–Trinajstić information content (AvgIpc) is 2.99. The molecule has 1 aliphatic heterocycles. The van der Waals surface area contributed by atoms with E-state index in [2.05, 4.69) is 31.4 Å². The first-order chi connectivity index (χ1) is 8.31. The van der Waals surface area contributed by atoms with Gasteiger partial charge in [0.15, 0.2) is 0 Å². The van der Waals surface area contributed by atoms with Crippen LogP contribution in [0.1, 0.15) is 12.3 Å². The Bertz CT molecular complexity index is 504. The summed E-state index contributed by atoms with van der Waals surface area (Å²) < 4.78 is 6.35. The number of hydrogen-bond donors (Lipinski definition) is 1. The van der Waals surface area contributed by atoms with Crippen molar-refractivity contribution >= 4 is 27.3 Å². The van der Waals surface area contributed by atoms with Gasteiger partial charge in [-0.05, 0) is 47.4 Å². The van der Waals surface area contributed by atoms with Crippen LogP contribution in [0.5, 0.6) is 0 Å². The number of nitrogens with one attached hydrogen (secondary N) is 1. The number of halogens is 1. The zero-order valence-corrected chi connectivity index (χ0v) is 11.6. The normalized spacial score (nSPS) is 19.9. The van der Waals surface area contributed by atoms with Crippen molar-refractivity contribution in [1.82, 2.24) is 15.5 Å². The van der Waals surface area contributed by atoms with Gasteiger partial charge in [-0.1, -0.05) is 5.16 Å². The molecular formula is C11H12BrN3OS. The van der Waals surface area contributed by atoms with E-state index in [1.54, 1.807) is 11.3 Å². The fourth-order valence-electron chi connectivity index (χ4n) is 2.00. The molecule has 1 aliphatic rings. The molecule has 0 aliphatic carbocycles. The van der Waals surface area contributed by atoms with Gasteiger partial charge in [0.05, 0.1) is 4.88 Å². The monoisotopic (exact) mass is 313 g/mol. The summed E-state index contributed by atoms with van der Waals surface area (Å²) in [6.45, 7) is 2.16. The van der Waals surface area contributed by atoms with E-state index in [1.807, 2.05) is 11.4 Å². The number of nitrogens with zero attached hydrogens (tertiary/aromatic N) is 2. The predicted molar refractivity (Wildman–Crippen MR) is 70.0 cm³/mol. The zero-order chi connectivity index (χ0) is 11.7. The third kappa shape index (κ3) is 2.59. The van der Waals surface area contributed by atoms with E-state index in [0.717, 1.165) is 34.8 Å². The van der Waals surface area contributed by atoms with E-state index >= 15 is 0 Å². The van der Waals surface area contributed by atoms with Gasteiger partial charge in [-0.25, -0.2) is 0 Å². The Balaban J connectivity index is 1.73. The molecular weight excluding hydrogens is 302 g/mol. The van der Waals surface area contributed by atoms with Crippen LogP contribution in [0.3, 0.4) is 0 Å². The smallest absolute Gasteiger partial charge is 0.227 e. The number of thiophene rings is 1.